The third-order valence-electron chi connectivity index (χ3n) is 5.12. The first-order valence-corrected chi connectivity index (χ1v) is 10.9. The van der Waals surface area contributed by atoms with E-state index in [4.69, 9.17) is 21.1 Å². The van der Waals surface area contributed by atoms with Crippen LogP contribution in [0.15, 0.2) is 41.7 Å². The van der Waals surface area contributed by atoms with Crippen LogP contribution in [0.3, 0.4) is 0 Å². The number of aromatic nitrogens is 4. The maximum Gasteiger partial charge on any atom is 0.194 e. The molecule has 3 heterocycles. The van der Waals surface area contributed by atoms with Crippen LogP contribution in [0.4, 0.5) is 13.2 Å². The lowest BCUT2D eigenvalue weighted by Gasteiger charge is -2.43. The molecule has 1 aliphatic heterocycles. The Kier molecular flexibility index (Phi) is 7.22. The Balaban J connectivity index is 1.67. The van der Waals surface area contributed by atoms with Gasteiger partial charge in [-0.25, -0.2) is 17.9 Å². The number of hydrogen-bond donors (Lipinski definition) is 2. The molecule has 0 bridgehead atoms. The molecule has 176 valence electrons. The van der Waals surface area contributed by atoms with E-state index >= 15 is 0 Å². The van der Waals surface area contributed by atoms with Gasteiger partial charge in [-0.3, -0.25) is 4.98 Å². The average molecular weight is 503 g/mol. The summed E-state index contributed by atoms with van der Waals surface area (Å²) >= 11 is 7.22. The minimum Gasteiger partial charge on any atom is -0.394 e. The number of halogens is 4. The number of benzene rings is 1. The first kappa shape index (κ1) is 23.9. The molecule has 13 heteroatoms. The highest BCUT2D eigenvalue weighted by molar-refractivity contribution is 7.99. The highest BCUT2D eigenvalue weighted by atomic mass is 35.5. The fourth-order valence-corrected chi connectivity index (χ4v) is 4.99. The number of aliphatic hydroxyl groups excluding tert-OH is 2. The molecule has 33 heavy (non-hydrogen) atoms. The molecule has 5 atom stereocenters. The van der Waals surface area contributed by atoms with E-state index in [1.54, 1.807) is 12.3 Å². The summed E-state index contributed by atoms with van der Waals surface area (Å²) in [5.74, 6) is -4.33. The summed E-state index contributed by atoms with van der Waals surface area (Å²) in [4.78, 5) is 4.69. The van der Waals surface area contributed by atoms with Crippen LogP contribution in [0, 0.1) is 17.5 Å². The van der Waals surface area contributed by atoms with E-state index in [9.17, 15) is 23.4 Å². The van der Waals surface area contributed by atoms with Crippen LogP contribution in [0.2, 0.25) is 5.02 Å². The van der Waals surface area contributed by atoms with Gasteiger partial charge in [-0.2, -0.15) is 0 Å². The van der Waals surface area contributed by atoms with Crippen molar-refractivity contribution in [2.24, 2.45) is 0 Å². The maximum absolute atomic E-state index is 13.7. The summed E-state index contributed by atoms with van der Waals surface area (Å²) in [6, 6.07) is 2.38. The van der Waals surface area contributed by atoms with Gasteiger partial charge in [0.1, 0.15) is 35.5 Å². The summed E-state index contributed by atoms with van der Waals surface area (Å²) in [6.07, 6.45) is 1.36. The van der Waals surface area contributed by atoms with Crippen molar-refractivity contribution < 1.29 is 32.9 Å². The van der Waals surface area contributed by atoms with Gasteiger partial charge in [0.15, 0.2) is 17.5 Å². The Bertz CT molecular complexity index is 1120. The number of hydrogen-bond acceptors (Lipinski definition) is 8. The van der Waals surface area contributed by atoms with Crippen LogP contribution >= 0.6 is 23.4 Å². The second kappa shape index (κ2) is 9.95. The maximum atomic E-state index is 13.7. The SMILES string of the molecule is CO[C@@H]1[C@@H](n2cc(-c3cc(F)c(F)c(F)c3)nn2)[C@@H](O)[C@@H](CO)O[C@@H]1Sc1cncc(Cl)c1. The molecule has 1 aromatic carbocycles. The molecular formula is C20H18ClF3N4O4S. The predicted octanol–water partition coefficient (Wildman–Crippen LogP) is 2.84. The first-order valence-electron chi connectivity index (χ1n) is 9.63. The van der Waals surface area contributed by atoms with Crippen molar-refractivity contribution in [3.8, 4) is 11.3 Å². The fraction of sp³-hybridized carbons (Fsp3) is 0.350. The molecule has 1 aliphatic rings. The zero-order valence-corrected chi connectivity index (χ0v) is 18.6. The number of methoxy groups -OCH3 is 1. The summed E-state index contributed by atoms with van der Waals surface area (Å²) in [5.41, 5.74) is -0.706. The van der Waals surface area contributed by atoms with Gasteiger partial charge in [0.05, 0.1) is 17.8 Å². The van der Waals surface area contributed by atoms with Crippen molar-refractivity contribution in [3.05, 3.63) is 59.3 Å². The van der Waals surface area contributed by atoms with Crippen LogP contribution < -0.4 is 0 Å². The largest absolute Gasteiger partial charge is 0.394 e. The molecule has 1 saturated heterocycles. The average Bonchev–Trinajstić information content (AvgIpc) is 3.27. The van der Waals surface area contributed by atoms with Gasteiger partial charge >= 0.3 is 0 Å². The lowest BCUT2D eigenvalue weighted by molar-refractivity contribution is -0.186. The van der Waals surface area contributed by atoms with Crippen molar-refractivity contribution in [2.45, 2.75) is 34.7 Å². The Hall–Kier alpha value is -2.22. The molecule has 0 amide bonds. The van der Waals surface area contributed by atoms with Crippen LogP contribution in [0.25, 0.3) is 11.3 Å². The van der Waals surface area contributed by atoms with Crippen LogP contribution in [0.1, 0.15) is 6.04 Å². The standard InChI is InChI=1S/C20H18ClF3N4O4S/c1-31-19-17(28-7-14(26-27-28)9-2-12(22)16(24)13(23)3-9)18(30)15(8-29)32-20(19)33-11-4-10(21)5-25-6-11/h2-7,15,17-20,29-30H,8H2,1H3/t15-,17+,18+,19-,20-/m1/s1. The van der Waals surface area contributed by atoms with E-state index in [2.05, 4.69) is 15.3 Å². The van der Waals surface area contributed by atoms with E-state index in [0.29, 0.717) is 9.92 Å². The lowest BCUT2D eigenvalue weighted by atomic mass is 9.97. The van der Waals surface area contributed by atoms with E-state index in [0.717, 1.165) is 12.1 Å². The van der Waals surface area contributed by atoms with Crippen LogP contribution in [-0.4, -0.2) is 67.7 Å². The second-order valence-corrected chi connectivity index (χ2v) is 8.81. The highest BCUT2D eigenvalue weighted by Crippen LogP contribution is 2.39. The van der Waals surface area contributed by atoms with Crippen LogP contribution in [0.5, 0.6) is 0 Å². The summed E-state index contributed by atoms with van der Waals surface area (Å²) in [6.45, 7) is -0.491. The summed E-state index contributed by atoms with van der Waals surface area (Å²) < 4.78 is 53.3. The Morgan fingerprint density at radius 1 is 1.21 bits per heavy atom. The highest BCUT2D eigenvalue weighted by Gasteiger charge is 2.47. The Morgan fingerprint density at radius 2 is 1.94 bits per heavy atom. The van der Waals surface area contributed by atoms with Gasteiger partial charge < -0.3 is 19.7 Å². The number of pyridine rings is 1. The minimum atomic E-state index is -1.59. The van der Waals surface area contributed by atoms with Gasteiger partial charge in [0, 0.05) is 30.0 Å². The minimum absolute atomic E-state index is 0.0391. The topological polar surface area (TPSA) is 103 Å². The van der Waals surface area contributed by atoms with Gasteiger partial charge in [-0.1, -0.05) is 28.6 Å². The molecule has 2 N–H and O–H groups in total. The molecule has 4 rings (SSSR count). The number of thioether (sulfide) groups is 1. The quantitative estimate of drug-likeness (QED) is 0.496. The lowest BCUT2D eigenvalue weighted by Crippen LogP contribution is -2.55. The predicted molar refractivity (Wildman–Crippen MR) is 112 cm³/mol. The van der Waals surface area contributed by atoms with Crippen molar-refractivity contribution in [2.75, 3.05) is 13.7 Å². The monoisotopic (exact) mass is 502 g/mol. The third kappa shape index (κ3) is 4.86. The molecule has 0 aliphatic carbocycles. The summed E-state index contributed by atoms with van der Waals surface area (Å²) in [7, 11) is 1.42. The molecule has 8 nitrogen and oxygen atoms in total. The molecule has 0 saturated carbocycles. The van der Waals surface area contributed by atoms with E-state index < -0.39 is 53.8 Å². The van der Waals surface area contributed by atoms with Gasteiger partial charge in [-0.15, -0.1) is 5.10 Å². The normalized spacial score (nSPS) is 25.4. The first-order chi connectivity index (χ1) is 15.8. The zero-order valence-electron chi connectivity index (χ0n) is 17.0. The van der Waals surface area contributed by atoms with Crippen molar-refractivity contribution in [1.82, 2.24) is 20.0 Å². The van der Waals surface area contributed by atoms with E-state index in [-0.39, 0.29) is 11.3 Å². The number of rotatable bonds is 6. The Morgan fingerprint density at radius 3 is 2.58 bits per heavy atom. The molecule has 1 fully saturated rings. The summed E-state index contributed by atoms with van der Waals surface area (Å²) in [5, 5.41) is 28.9. The number of aliphatic hydroxyl groups is 2. The molecule has 0 radical (unpaired) electrons. The molecule has 0 unspecified atom stereocenters. The molecule has 0 spiro atoms. The molecule has 2 aromatic heterocycles. The third-order valence-corrected chi connectivity index (χ3v) is 6.44. The number of ether oxygens (including phenoxy) is 2. The molecular weight excluding hydrogens is 485 g/mol. The fourth-order valence-electron chi connectivity index (χ4n) is 3.56. The van der Waals surface area contributed by atoms with Crippen molar-refractivity contribution in [1.29, 1.82) is 0 Å². The smallest absolute Gasteiger partial charge is 0.194 e. The van der Waals surface area contributed by atoms with Crippen molar-refractivity contribution >= 4 is 23.4 Å². The zero-order chi connectivity index (χ0) is 23.7. The molecule has 3 aromatic rings. The van der Waals surface area contributed by atoms with Crippen LogP contribution in [-0.2, 0) is 9.47 Å². The van der Waals surface area contributed by atoms with Gasteiger partial charge in [0.2, 0.25) is 0 Å². The van der Waals surface area contributed by atoms with E-state index in [1.165, 1.54) is 35.9 Å². The Labute approximate surface area is 195 Å². The van der Waals surface area contributed by atoms with Gasteiger partial charge in [0.25, 0.3) is 0 Å². The van der Waals surface area contributed by atoms with Crippen molar-refractivity contribution in [3.63, 3.8) is 0 Å². The number of nitrogens with zero attached hydrogens (tertiary/aromatic N) is 4. The van der Waals surface area contributed by atoms with E-state index in [1.807, 2.05) is 0 Å². The van der Waals surface area contributed by atoms with Gasteiger partial charge in [-0.05, 0) is 18.2 Å². The second-order valence-electron chi connectivity index (χ2n) is 7.20.